The standard InChI is InChI=1S/C19H17FN6O/c1-12-8-15(5-6-16(12)20)22-17-9-13(2)26-18(23-17)24-25(19(26)27)11-14-4-3-7-21-10-14/h3-10H,11H2,1-2H3,(H,22,23,24). The first-order valence-corrected chi connectivity index (χ1v) is 8.40. The van der Waals surface area contributed by atoms with Gasteiger partial charge in [0.25, 0.3) is 5.78 Å². The SMILES string of the molecule is Cc1cc(Nc2cc(C)n3c(=O)n(Cc4cccnc4)nc3n2)ccc1F. The Labute approximate surface area is 154 Å². The summed E-state index contributed by atoms with van der Waals surface area (Å²) in [6.07, 6.45) is 3.37. The van der Waals surface area contributed by atoms with Crippen LogP contribution in [0.4, 0.5) is 15.9 Å². The van der Waals surface area contributed by atoms with Gasteiger partial charge in [-0.25, -0.2) is 18.3 Å². The van der Waals surface area contributed by atoms with Crippen molar-refractivity contribution in [3.05, 3.63) is 81.9 Å². The van der Waals surface area contributed by atoms with E-state index in [-0.39, 0.29) is 11.5 Å². The number of halogens is 1. The van der Waals surface area contributed by atoms with Gasteiger partial charge in [0.2, 0.25) is 0 Å². The molecule has 1 aromatic carbocycles. The molecule has 4 rings (SSSR count). The lowest BCUT2D eigenvalue weighted by Crippen LogP contribution is -2.22. The van der Waals surface area contributed by atoms with Crippen molar-refractivity contribution in [1.29, 1.82) is 0 Å². The van der Waals surface area contributed by atoms with E-state index in [2.05, 4.69) is 20.4 Å². The largest absolute Gasteiger partial charge is 0.352 e. The number of hydrogen-bond acceptors (Lipinski definition) is 5. The number of hydrogen-bond donors (Lipinski definition) is 1. The Bertz CT molecular complexity index is 1180. The highest BCUT2D eigenvalue weighted by molar-refractivity contribution is 5.59. The first-order valence-electron chi connectivity index (χ1n) is 8.40. The molecule has 0 radical (unpaired) electrons. The van der Waals surface area contributed by atoms with Crippen molar-refractivity contribution < 1.29 is 4.39 Å². The number of rotatable bonds is 4. The molecule has 0 atom stereocenters. The number of pyridine rings is 1. The summed E-state index contributed by atoms with van der Waals surface area (Å²) in [5.41, 5.74) is 2.56. The second-order valence-electron chi connectivity index (χ2n) is 6.31. The Kier molecular flexibility index (Phi) is 4.15. The quantitative estimate of drug-likeness (QED) is 0.603. The summed E-state index contributed by atoms with van der Waals surface area (Å²) in [5, 5.41) is 7.46. The molecule has 0 aliphatic carbocycles. The molecule has 0 aliphatic heterocycles. The Morgan fingerprint density at radius 1 is 1.19 bits per heavy atom. The van der Waals surface area contributed by atoms with Gasteiger partial charge < -0.3 is 5.32 Å². The van der Waals surface area contributed by atoms with Crippen LogP contribution in [0.15, 0.2) is 53.6 Å². The van der Waals surface area contributed by atoms with E-state index in [0.29, 0.717) is 35.1 Å². The van der Waals surface area contributed by atoms with Crippen molar-refractivity contribution >= 4 is 17.3 Å². The van der Waals surface area contributed by atoms with Crippen LogP contribution in [0.25, 0.3) is 5.78 Å². The van der Waals surface area contributed by atoms with Gasteiger partial charge >= 0.3 is 5.69 Å². The van der Waals surface area contributed by atoms with E-state index in [0.717, 1.165) is 5.56 Å². The molecule has 0 amide bonds. The fourth-order valence-corrected chi connectivity index (χ4v) is 2.88. The van der Waals surface area contributed by atoms with Gasteiger partial charge in [0.15, 0.2) is 0 Å². The number of nitrogens with one attached hydrogen (secondary N) is 1. The van der Waals surface area contributed by atoms with E-state index in [1.165, 1.54) is 15.1 Å². The molecule has 0 saturated carbocycles. The van der Waals surface area contributed by atoms with Crippen molar-refractivity contribution in [2.75, 3.05) is 5.32 Å². The summed E-state index contributed by atoms with van der Waals surface area (Å²) in [5.74, 6) is 0.565. The Morgan fingerprint density at radius 3 is 2.78 bits per heavy atom. The van der Waals surface area contributed by atoms with E-state index in [4.69, 9.17) is 0 Å². The van der Waals surface area contributed by atoms with Gasteiger partial charge in [0.1, 0.15) is 11.6 Å². The third-order valence-electron chi connectivity index (χ3n) is 4.23. The first-order chi connectivity index (χ1) is 13.0. The van der Waals surface area contributed by atoms with Crippen LogP contribution < -0.4 is 11.0 Å². The predicted molar refractivity (Wildman–Crippen MR) is 99.7 cm³/mol. The molecule has 8 heteroatoms. The van der Waals surface area contributed by atoms with Crippen molar-refractivity contribution in [3.63, 3.8) is 0 Å². The summed E-state index contributed by atoms with van der Waals surface area (Å²) >= 11 is 0. The minimum absolute atomic E-state index is 0.261. The lowest BCUT2D eigenvalue weighted by Gasteiger charge is -2.08. The number of anilines is 2. The smallest absolute Gasteiger partial charge is 0.340 e. The van der Waals surface area contributed by atoms with E-state index < -0.39 is 0 Å². The van der Waals surface area contributed by atoms with Crippen LogP contribution in [0.2, 0.25) is 0 Å². The lowest BCUT2D eigenvalue weighted by atomic mass is 10.2. The van der Waals surface area contributed by atoms with Gasteiger partial charge in [-0.1, -0.05) is 6.07 Å². The number of aromatic nitrogens is 5. The number of benzene rings is 1. The maximum absolute atomic E-state index is 13.4. The van der Waals surface area contributed by atoms with Crippen LogP contribution in [0.1, 0.15) is 16.8 Å². The topological polar surface area (TPSA) is 77.1 Å². The van der Waals surface area contributed by atoms with Crippen molar-refractivity contribution in [2.45, 2.75) is 20.4 Å². The highest BCUT2D eigenvalue weighted by atomic mass is 19.1. The average molecular weight is 364 g/mol. The molecule has 0 saturated heterocycles. The van der Waals surface area contributed by atoms with E-state index in [9.17, 15) is 9.18 Å². The number of nitrogens with zero attached hydrogens (tertiary/aromatic N) is 5. The average Bonchev–Trinajstić information content (AvgIpc) is 2.95. The summed E-state index contributed by atoms with van der Waals surface area (Å²) in [6.45, 7) is 3.82. The second kappa shape index (κ2) is 6.64. The van der Waals surface area contributed by atoms with Crippen LogP contribution in [-0.2, 0) is 6.54 Å². The summed E-state index contributed by atoms with van der Waals surface area (Å²) in [7, 11) is 0. The number of aryl methyl sites for hydroxylation is 2. The van der Waals surface area contributed by atoms with Crippen LogP contribution in [-0.4, -0.2) is 24.1 Å². The van der Waals surface area contributed by atoms with Gasteiger partial charge in [-0.3, -0.25) is 4.98 Å². The van der Waals surface area contributed by atoms with Gasteiger partial charge in [0, 0.05) is 29.8 Å². The third-order valence-corrected chi connectivity index (χ3v) is 4.23. The third kappa shape index (κ3) is 3.29. The molecule has 3 aromatic heterocycles. The molecule has 3 heterocycles. The highest BCUT2D eigenvalue weighted by Crippen LogP contribution is 2.19. The molecule has 0 bridgehead atoms. The van der Waals surface area contributed by atoms with E-state index >= 15 is 0 Å². The maximum Gasteiger partial charge on any atom is 0.352 e. The molecule has 4 aromatic rings. The molecule has 1 N–H and O–H groups in total. The molecule has 0 spiro atoms. The maximum atomic E-state index is 13.4. The van der Waals surface area contributed by atoms with E-state index in [1.54, 1.807) is 37.5 Å². The molecule has 0 fully saturated rings. The van der Waals surface area contributed by atoms with Crippen LogP contribution in [0, 0.1) is 19.7 Å². The van der Waals surface area contributed by atoms with E-state index in [1.807, 2.05) is 19.1 Å². The fourth-order valence-electron chi connectivity index (χ4n) is 2.88. The van der Waals surface area contributed by atoms with Gasteiger partial charge in [-0.05, 0) is 49.2 Å². The van der Waals surface area contributed by atoms with Crippen molar-refractivity contribution in [1.82, 2.24) is 24.1 Å². The van der Waals surface area contributed by atoms with Crippen molar-refractivity contribution in [3.8, 4) is 0 Å². The molecular formula is C19H17FN6O. The van der Waals surface area contributed by atoms with Crippen LogP contribution >= 0.6 is 0 Å². The zero-order valence-corrected chi connectivity index (χ0v) is 14.8. The fraction of sp³-hybridized carbons (Fsp3) is 0.158. The summed E-state index contributed by atoms with van der Waals surface area (Å²) in [4.78, 5) is 21.1. The summed E-state index contributed by atoms with van der Waals surface area (Å²) in [6, 6.07) is 10.2. The Balaban J connectivity index is 1.70. The molecule has 0 unspecified atom stereocenters. The normalized spacial score (nSPS) is 11.1. The molecule has 136 valence electrons. The minimum Gasteiger partial charge on any atom is -0.340 e. The van der Waals surface area contributed by atoms with Gasteiger partial charge in [0.05, 0.1) is 6.54 Å². The zero-order valence-electron chi connectivity index (χ0n) is 14.8. The van der Waals surface area contributed by atoms with Gasteiger partial charge in [-0.15, -0.1) is 5.10 Å². The second-order valence-corrected chi connectivity index (χ2v) is 6.31. The lowest BCUT2D eigenvalue weighted by molar-refractivity contribution is 0.619. The number of fused-ring (bicyclic) bond motifs is 1. The van der Waals surface area contributed by atoms with Crippen LogP contribution in [0.5, 0.6) is 0 Å². The van der Waals surface area contributed by atoms with Crippen LogP contribution in [0.3, 0.4) is 0 Å². The Morgan fingerprint density at radius 2 is 2.04 bits per heavy atom. The molecule has 27 heavy (non-hydrogen) atoms. The molecular weight excluding hydrogens is 347 g/mol. The highest BCUT2D eigenvalue weighted by Gasteiger charge is 2.12. The Hall–Kier alpha value is -3.55. The molecule has 0 aliphatic rings. The summed E-state index contributed by atoms with van der Waals surface area (Å²) < 4.78 is 16.3. The minimum atomic E-state index is -0.263. The predicted octanol–water partition coefficient (Wildman–Crippen LogP) is 2.83. The first kappa shape index (κ1) is 16.9. The van der Waals surface area contributed by atoms with Crippen molar-refractivity contribution in [2.24, 2.45) is 0 Å². The monoisotopic (exact) mass is 364 g/mol. The molecule has 7 nitrogen and oxygen atoms in total. The van der Waals surface area contributed by atoms with Gasteiger partial charge in [-0.2, -0.15) is 4.98 Å². The zero-order chi connectivity index (χ0) is 19.0.